The number of benzene rings is 2. The van der Waals surface area contributed by atoms with E-state index in [4.69, 9.17) is 4.52 Å². The van der Waals surface area contributed by atoms with Gasteiger partial charge in [-0.25, -0.2) is 22.4 Å². The molecular weight excluding hydrogens is 390 g/mol. The third kappa shape index (κ3) is 3.55. The first-order chi connectivity index (χ1) is 13.8. The van der Waals surface area contributed by atoms with E-state index < -0.39 is 29.3 Å². The number of nitrogens with zero attached hydrogens (tertiary/aromatic N) is 2. The number of amides is 2. The number of nitrogens with one attached hydrogen (secondary N) is 1. The predicted octanol–water partition coefficient (Wildman–Crippen LogP) is 4.88. The minimum absolute atomic E-state index is 0.101. The highest BCUT2D eigenvalue weighted by Gasteiger charge is 2.32. The van der Waals surface area contributed by atoms with Gasteiger partial charge in [0.05, 0.1) is 12.2 Å². The van der Waals surface area contributed by atoms with Gasteiger partial charge in [-0.3, -0.25) is 0 Å². The van der Waals surface area contributed by atoms with Crippen molar-refractivity contribution in [2.75, 3.05) is 5.32 Å². The molecule has 0 saturated heterocycles. The fraction of sp³-hybridized carbons (Fsp3) is 0.200. The van der Waals surface area contributed by atoms with Gasteiger partial charge in [-0.05, 0) is 19.1 Å². The van der Waals surface area contributed by atoms with Gasteiger partial charge in [0, 0.05) is 41.4 Å². The molecule has 1 aromatic heterocycles. The van der Waals surface area contributed by atoms with E-state index in [0.717, 1.165) is 0 Å². The Morgan fingerprint density at radius 1 is 1.17 bits per heavy atom. The Bertz CT molecular complexity index is 1080. The lowest BCUT2D eigenvalue weighted by atomic mass is 9.97. The van der Waals surface area contributed by atoms with Crippen LogP contribution in [0.4, 0.5) is 28.0 Å². The summed E-state index contributed by atoms with van der Waals surface area (Å²) in [5, 5.41) is 6.40. The number of aromatic nitrogens is 1. The zero-order valence-corrected chi connectivity index (χ0v) is 15.2. The highest BCUT2D eigenvalue weighted by Crippen LogP contribution is 2.33. The van der Waals surface area contributed by atoms with E-state index in [9.17, 15) is 22.4 Å². The van der Waals surface area contributed by atoms with Crippen LogP contribution in [0.15, 0.2) is 40.9 Å². The van der Waals surface area contributed by atoms with Crippen LogP contribution in [0.25, 0.3) is 11.3 Å². The van der Waals surface area contributed by atoms with Crippen LogP contribution < -0.4 is 5.32 Å². The van der Waals surface area contributed by atoms with Crippen molar-refractivity contribution in [3.8, 4) is 11.3 Å². The van der Waals surface area contributed by atoms with Gasteiger partial charge in [-0.2, -0.15) is 0 Å². The van der Waals surface area contributed by atoms with Gasteiger partial charge in [0.15, 0.2) is 23.2 Å². The topological polar surface area (TPSA) is 58.4 Å². The molecule has 0 bridgehead atoms. The van der Waals surface area contributed by atoms with Crippen molar-refractivity contribution in [2.24, 2.45) is 0 Å². The molecule has 9 heteroatoms. The van der Waals surface area contributed by atoms with E-state index in [1.54, 1.807) is 13.0 Å². The average molecular weight is 405 g/mol. The summed E-state index contributed by atoms with van der Waals surface area (Å²) in [6.45, 7) is 1.88. The summed E-state index contributed by atoms with van der Waals surface area (Å²) in [5.74, 6) is -4.50. The van der Waals surface area contributed by atoms with Gasteiger partial charge in [0.1, 0.15) is 5.82 Å². The first-order valence-corrected chi connectivity index (χ1v) is 8.79. The predicted molar refractivity (Wildman–Crippen MR) is 95.9 cm³/mol. The van der Waals surface area contributed by atoms with Crippen molar-refractivity contribution in [3.63, 3.8) is 0 Å². The number of rotatable bonds is 2. The molecule has 1 atom stereocenters. The number of anilines is 1. The number of halogens is 4. The van der Waals surface area contributed by atoms with Crippen LogP contribution in [0.2, 0.25) is 0 Å². The molecule has 0 aliphatic carbocycles. The molecule has 2 heterocycles. The number of carbonyl (C=O) groups excluding carboxylic acids is 1. The quantitative estimate of drug-likeness (QED) is 0.489. The van der Waals surface area contributed by atoms with Gasteiger partial charge in [-0.1, -0.05) is 17.3 Å². The Kier molecular flexibility index (Phi) is 4.73. The highest BCUT2D eigenvalue weighted by atomic mass is 19.2. The third-order valence-electron chi connectivity index (χ3n) is 4.80. The fourth-order valence-electron chi connectivity index (χ4n) is 3.33. The van der Waals surface area contributed by atoms with Crippen LogP contribution in [-0.2, 0) is 13.0 Å². The fourth-order valence-corrected chi connectivity index (χ4v) is 3.33. The molecule has 4 rings (SSSR count). The number of hydrogen-bond donors (Lipinski definition) is 1. The SMILES string of the molecule is CC1Cc2noc(-c3cccc(F)c3)c2CN1C(=O)Nc1cc(F)c(F)c(F)c1. The number of hydrogen-bond acceptors (Lipinski definition) is 3. The lowest BCUT2D eigenvalue weighted by Gasteiger charge is -2.32. The van der Waals surface area contributed by atoms with Crippen LogP contribution in [0, 0.1) is 23.3 Å². The summed E-state index contributed by atoms with van der Waals surface area (Å²) >= 11 is 0. The number of fused-ring (bicyclic) bond motifs is 1. The van der Waals surface area contributed by atoms with Gasteiger partial charge in [0.2, 0.25) is 0 Å². The summed E-state index contributed by atoms with van der Waals surface area (Å²) < 4.78 is 58.9. The summed E-state index contributed by atoms with van der Waals surface area (Å²) in [5.41, 5.74) is 1.55. The van der Waals surface area contributed by atoms with E-state index in [-0.39, 0.29) is 18.3 Å². The van der Waals surface area contributed by atoms with Crippen LogP contribution >= 0.6 is 0 Å². The van der Waals surface area contributed by atoms with E-state index in [1.165, 1.54) is 23.1 Å². The minimum Gasteiger partial charge on any atom is -0.356 e. The molecule has 0 fully saturated rings. The smallest absolute Gasteiger partial charge is 0.322 e. The van der Waals surface area contributed by atoms with Crippen LogP contribution in [-0.4, -0.2) is 22.1 Å². The first kappa shape index (κ1) is 19.0. The van der Waals surface area contributed by atoms with Crippen molar-refractivity contribution in [3.05, 3.63) is 70.9 Å². The number of carbonyl (C=O) groups is 1. The molecule has 2 aromatic carbocycles. The Labute approximate surface area is 162 Å². The summed E-state index contributed by atoms with van der Waals surface area (Å²) in [4.78, 5) is 14.1. The van der Waals surface area contributed by atoms with Crippen LogP contribution in [0.3, 0.4) is 0 Å². The minimum atomic E-state index is -1.61. The lowest BCUT2D eigenvalue weighted by Crippen LogP contribution is -2.44. The van der Waals surface area contributed by atoms with Gasteiger partial charge >= 0.3 is 6.03 Å². The van der Waals surface area contributed by atoms with E-state index in [2.05, 4.69) is 10.5 Å². The monoisotopic (exact) mass is 405 g/mol. The molecule has 0 spiro atoms. The molecule has 3 aromatic rings. The molecule has 0 radical (unpaired) electrons. The molecule has 150 valence electrons. The van der Waals surface area contributed by atoms with Crippen molar-refractivity contribution < 1.29 is 26.9 Å². The third-order valence-corrected chi connectivity index (χ3v) is 4.80. The van der Waals surface area contributed by atoms with Crippen LogP contribution in [0.5, 0.6) is 0 Å². The Balaban J connectivity index is 1.60. The molecular formula is C20H15F4N3O2. The molecule has 1 aliphatic heterocycles. The van der Waals surface area contributed by atoms with Crippen molar-refractivity contribution in [1.29, 1.82) is 0 Å². The molecule has 2 amide bonds. The van der Waals surface area contributed by atoms with Gasteiger partial charge in [-0.15, -0.1) is 0 Å². The maximum atomic E-state index is 13.6. The first-order valence-electron chi connectivity index (χ1n) is 8.79. The zero-order valence-electron chi connectivity index (χ0n) is 15.2. The van der Waals surface area contributed by atoms with Crippen molar-refractivity contribution in [2.45, 2.75) is 25.9 Å². The highest BCUT2D eigenvalue weighted by molar-refractivity contribution is 5.89. The van der Waals surface area contributed by atoms with Gasteiger partial charge in [0.25, 0.3) is 0 Å². The Morgan fingerprint density at radius 2 is 1.90 bits per heavy atom. The van der Waals surface area contributed by atoms with Crippen molar-refractivity contribution >= 4 is 11.7 Å². The molecule has 5 nitrogen and oxygen atoms in total. The summed E-state index contributed by atoms with van der Waals surface area (Å²) in [6.07, 6.45) is 0.383. The normalized spacial score (nSPS) is 15.9. The molecule has 1 aliphatic rings. The van der Waals surface area contributed by atoms with Crippen molar-refractivity contribution in [1.82, 2.24) is 10.1 Å². The zero-order chi connectivity index (χ0) is 20.7. The summed E-state index contributed by atoms with van der Waals surface area (Å²) in [7, 11) is 0. The molecule has 1 N–H and O–H groups in total. The second-order valence-electron chi connectivity index (χ2n) is 6.81. The molecule has 0 saturated carbocycles. The van der Waals surface area contributed by atoms with E-state index in [1.807, 2.05) is 0 Å². The Morgan fingerprint density at radius 3 is 2.59 bits per heavy atom. The second-order valence-corrected chi connectivity index (χ2v) is 6.81. The van der Waals surface area contributed by atoms with E-state index >= 15 is 0 Å². The Hall–Kier alpha value is -3.36. The van der Waals surface area contributed by atoms with Gasteiger partial charge < -0.3 is 14.7 Å². The maximum Gasteiger partial charge on any atom is 0.322 e. The number of urea groups is 1. The average Bonchev–Trinajstić information content (AvgIpc) is 3.08. The van der Waals surface area contributed by atoms with Crippen LogP contribution in [0.1, 0.15) is 18.2 Å². The van der Waals surface area contributed by atoms with E-state index in [0.29, 0.717) is 41.1 Å². The molecule has 29 heavy (non-hydrogen) atoms. The summed E-state index contributed by atoms with van der Waals surface area (Å²) in [6, 6.07) is 6.29. The molecule has 1 unspecified atom stereocenters. The lowest BCUT2D eigenvalue weighted by molar-refractivity contribution is 0.182. The standard InChI is InChI=1S/C20H15F4N3O2/c1-10-5-17-14(19(29-26-17)11-3-2-4-12(21)6-11)9-27(10)20(28)25-13-7-15(22)18(24)16(23)8-13/h2-4,6-8,10H,5,9H2,1H3,(H,25,28). The second kappa shape index (κ2) is 7.23. The maximum absolute atomic E-state index is 13.6. The largest absolute Gasteiger partial charge is 0.356 e.